The molecule has 0 aromatic heterocycles. The molecule has 0 saturated carbocycles. The van der Waals surface area contributed by atoms with E-state index >= 15 is 0 Å². The highest BCUT2D eigenvalue weighted by Gasteiger charge is 2.19. The molecule has 0 radical (unpaired) electrons. The van der Waals surface area contributed by atoms with Gasteiger partial charge in [0.05, 0.1) is 0 Å². The van der Waals surface area contributed by atoms with E-state index in [-0.39, 0.29) is 17.7 Å². The zero-order chi connectivity index (χ0) is 19.5. The summed E-state index contributed by atoms with van der Waals surface area (Å²) in [7, 11) is 1.78. The summed E-state index contributed by atoms with van der Waals surface area (Å²) in [6, 6.07) is 0. The topological polar surface area (TPSA) is 96.5 Å². The average molecular weight is 355 g/mol. The van der Waals surface area contributed by atoms with Crippen molar-refractivity contribution in [2.45, 2.75) is 59.4 Å². The van der Waals surface area contributed by atoms with Crippen LogP contribution < -0.4 is 16.0 Å². The molecule has 0 heterocycles. The molecule has 0 aliphatic carbocycles. The molecule has 0 aliphatic heterocycles. The van der Waals surface area contributed by atoms with E-state index in [1.165, 1.54) is 0 Å². The second-order valence-electron chi connectivity index (χ2n) is 7.64. The first-order valence-electron chi connectivity index (χ1n) is 9.03. The molecule has 0 aromatic rings. The van der Waals surface area contributed by atoms with Gasteiger partial charge in [-0.15, -0.1) is 0 Å². The molecular weight excluding hydrogens is 321 g/mol. The minimum atomic E-state index is -0.544. The molecule has 0 aromatic carbocycles. The Bertz CT molecular complexity index is 436. The highest BCUT2D eigenvalue weighted by Crippen LogP contribution is 2.15. The predicted molar refractivity (Wildman–Crippen MR) is 101 cm³/mol. The van der Waals surface area contributed by atoms with Crippen LogP contribution in [0.15, 0.2) is 0 Å². The van der Waals surface area contributed by atoms with Crippen LogP contribution in [-0.4, -0.2) is 51.0 Å². The Balaban J connectivity index is 4.26. The van der Waals surface area contributed by atoms with E-state index in [9.17, 15) is 14.4 Å². The van der Waals surface area contributed by atoms with Crippen LogP contribution in [0.4, 0.5) is 4.79 Å². The Morgan fingerprint density at radius 3 is 2.04 bits per heavy atom. The third-order valence-corrected chi connectivity index (χ3v) is 3.30. The number of amides is 3. The van der Waals surface area contributed by atoms with Crippen molar-refractivity contribution in [2.24, 2.45) is 11.8 Å². The molecule has 25 heavy (non-hydrogen) atoms. The van der Waals surface area contributed by atoms with Crippen LogP contribution >= 0.6 is 0 Å². The molecule has 0 spiro atoms. The lowest BCUT2D eigenvalue weighted by Gasteiger charge is -2.22. The lowest BCUT2D eigenvalue weighted by Crippen LogP contribution is -2.38. The van der Waals surface area contributed by atoms with Crippen LogP contribution in [0, 0.1) is 11.8 Å². The van der Waals surface area contributed by atoms with E-state index in [1.807, 2.05) is 20.8 Å². The van der Waals surface area contributed by atoms with Crippen molar-refractivity contribution in [3.8, 4) is 0 Å². The van der Waals surface area contributed by atoms with E-state index in [0.717, 1.165) is 6.42 Å². The third-order valence-electron chi connectivity index (χ3n) is 3.30. The fraction of sp³-hybridized carbons (Fsp3) is 0.824. The largest absolute Gasteiger partial charge is 0.444 e. The van der Waals surface area contributed by atoms with Crippen molar-refractivity contribution in [2.75, 3.05) is 19.6 Å². The van der Waals surface area contributed by atoms with Gasteiger partial charge in [0.15, 0.2) is 0 Å². The maximum atomic E-state index is 12.1. The lowest BCUT2D eigenvalue weighted by atomic mass is 9.94. The molecule has 144 valence electrons. The molecule has 0 aliphatic rings. The van der Waals surface area contributed by atoms with Crippen LogP contribution in [0.5, 0.6) is 0 Å². The van der Waals surface area contributed by atoms with Crippen LogP contribution in [0.1, 0.15) is 47.5 Å². The average Bonchev–Trinajstić information content (AvgIpc) is 2.46. The van der Waals surface area contributed by atoms with Crippen molar-refractivity contribution >= 4 is 25.8 Å². The number of alkyl carbamates (subject to hydrolysis) is 1. The smallest absolute Gasteiger partial charge is 0.407 e. The first-order valence-corrected chi connectivity index (χ1v) is 9.03. The summed E-state index contributed by atoms with van der Waals surface area (Å²) in [6.07, 6.45) is 1.12. The van der Waals surface area contributed by atoms with E-state index in [2.05, 4.69) is 29.8 Å². The van der Waals surface area contributed by atoms with Crippen LogP contribution in [-0.2, 0) is 14.3 Å². The van der Waals surface area contributed by atoms with Gasteiger partial charge in [0.25, 0.3) is 0 Å². The number of rotatable bonds is 10. The van der Waals surface area contributed by atoms with E-state index in [4.69, 9.17) is 4.74 Å². The molecule has 0 fully saturated rings. The second kappa shape index (κ2) is 11.8. The van der Waals surface area contributed by atoms with Crippen molar-refractivity contribution in [1.29, 1.82) is 0 Å². The minimum Gasteiger partial charge on any atom is -0.444 e. The SMILES string of the molecule is BCC(=O)NCCNC(=O)C[C@@H](CNC(=O)OC(C)(C)C)CC(C)C. The first-order chi connectivity index (χ1) is 11.5. The number of hydrogen-bond donors (Lipinski definition) is 3. The van der Waals surface area contributed by atoms with Gasteiger partial charge >= 0.3 is 6.09 Å². The fourth-order valence-corrected chi connectivity index (χ4v) is 2.31. The minimum absolute atomic E-state index is 0.0338. The van der Waals surface area contributed by atoms with Crippen molar-refractivity contribution in [1.82, 2.24) is 16.0 Å². The second-order valence-corrected chi connectivity index (χ2v) is 7.64. The summed E-state index contributed by atoms with van der Waals surface area (Å²) in [5, 5.41) is 8.24. The number of ether oxygens (including phenoxy) is 1. The van der Waals surface area contributed by atoms with Crippen molar-refractivity contribution in [3.05, 3.63) is 0 Å². The monoisotopic (exact) mass is 355 g/mol. The van der Waals surface area contributed by atoms with Gasteiger partial charge in [-0.05, 0) is 45.3 Å². The number of carbonyl (C=O) groups excluding carboxylic acids is 3. The maximum Gasteiger partial charge on any atom is 0.407 e. The quantitative estimate of drug-likeness (QED) is 0.400. The van der Waals surface area contributed by atoms with Gasteiger partial charge in [0.1, 0.15) is 13.4 Å². The van der Waals surface area contributed by atoms with Gasteiger partial charge in [-0.25, -0.2) is 4.79 Å². The van der Waals surface area contributed by atoms with Crippen LogP contribution in [0.25, 0.3) is 0 Å². The summed E-state index contributed by atoms with van der Waals surface area (Å²) in [4.78, 5) is 34.9. The van der Waals surface area contributed by atoms with Gasteiger partial charge in [0, 0.05) is 26.1 Å². The Kier molecular flexibility index (Phi) is 11.0. The molecule has 0 unspecified atom stereocenters. The Morgan fingerprint density at radius 1 is 1.00 bits per heavy atom. The summed E-state index contributed by atoms with van der Waals surface area (Å²) < 4.78 is 5.22. The van der Waals surface area contributed by atoms with E-state index < -0.39 is 11.7 Å². The molecular formula is C17H34BN3O4. The summed E-state index contributed by atoms with van der Waals surface area (Å²) >= 11 is 0. The normalized spacial score (nSPS) is 12.4. The molecule has 7 nitrogen and oxygen atoms in total. The summed E-state index contributed by atoms with van der Waals surface area (Å²) in [6.45, 7) is 10.8. The molecule has 1 atom stereocenters. The number of hydrogen-bond acceptors (Lipinski definition) is 4. The van der Waals surface area contributed by atoms with Gasteiger partial charge in [-0.2, -0.15) is 0 Å². The molecule has 3 N–H and O–H groups in total. The highest BCUT2D eigenvalue weighted by atomic mass is 16.6. The summed E-state index contributed by atoms with van der Waals surface area (Å²) in [5.74, 6) is 0.343. The molecule has 0 bridgehead atoms. The first kappa shape index (κ1) is 23.3. The third kappa shape index (κ3) is 14.3. The summed E-state index contributed by atoms with van der Waals surface area (Å²) in [5.41, 5.74) is -0.544. The van der Waals surface area contributed by atoms with Crippen molar-refractivity contribution in [3.63, 3.8) is 0 Å². The Labute approximate surface area is 152 Å². The van der Waals surface area contributed by atoms with Gasteiger partial charge in [-0.3, -0.25) is 9.59 Å². The van der Waals surface area contributed by atoms with E-state index in [0.29, 0.717) is 38.3 Å². The van der Waals surface area contributed by atoms with Crippen molar-refractivity contribution < 1.29 is 19.1 Å². The van der Waals surface area contributed by atoms with Gasteiger partial charge < -0.3 is 20.7 Å². The zero-order valence-corrected chi connectivity index (χ0v) is 16.5. The van der Waals surface area contributed by atoms with Gasteiger partial charge in [-0.1, -0.05) is 13.8 Å². The predicted octanol–water partition coefficient (Wildman–Crippen LogP) is 0.847. The molecule has 8 heteroatoms. The number of nitrogens with one attached hydrogen (secondary N) is 3. The van der Waals surface area contributed by atoms with Crippen LogP contribution in [0.3, 0.4) is 0 Å². The van der Waals surface area contributed by atoms with E-state index in [1.54, 1.807) is 7.85 Å². The molecule has 0 saturated heterocycles. The standard InChI is InChI=1S/C17H34BN3O4/c1-12(2)8-13(11-21-16(24)25-17(3,4)5)9-14(22)19-6-7-20-15(23)10-18/h12-13H,6-11,18H2,1-5H3,(H,19,22)(H,20,23)(H,21,24)/t13-/m0/s1. The lowest BCUT2D eigenvalue weighted by molar-refractivity contribution is -0.122. The highest BCUT2D eigenvalue weighted by molar-refractivity contribution is 6.19. The van der Waals surface area contributed by atoms with Crippen LogP contribution in [0.2, 0.25) is 6.32 Å². The zero-order valence-electron chi connectivity index (χ0n) is 16.5. The fourth-order valence-electron chi connectivity index (χ4n) is 2.31. The molecule has 3 amide bonds. The van der Waals surface area contributed by atoms with Gasteiger partial charge in [0.2, 0.25) is 11.8 Å². The number of carbonyl (C=O) groups is 3. The Hall–Kier alpha value is -1.73. The maximum absolute atomic E-state index is 12.1. The molecule has 0 rings (SSSR count). The Morgan fingerprint density at radius 2 is 1.56 bits per heavy atom.